The van der Waals surface area contributed by atoms with Gasteiger partial charge in [0.05, 0.1) is 6.54 Å². The second-order valence-electron chi connectivity index (χ2n) is 2.51. The van der Waals surface area contributed by atoms with Gasteiger partial charge in [-0.05, 0) is 6.07 Å². The Hall–Kier alpha value is -1.98. The average Bonchev–Trinajstić information content (AvgIpc) is 2.12. The Morgan fingerprint density at radius 3 is 3.14 bits per heavy atom. The van der Waals surface area contributed by atoms with Crippen LogP contribution in [-0.2, 0) is 0 Å². The maximum atomic E-state index is 10.1. The smallest absolute Gasteiger partial charge is 0.404 e. The van der Waals surface area contributed by atoms with Crippen molar-refractivity contribution >= 4 is 11.8 Å². The normalized spacial score (nSPS) is 9.43. The predicted octanol–water partition coefficient (Wildman–Crippen LogP) is 0.310. The third-order valence-electron chi connectivity index (χ3n) is 1.39. The van der Waals surface area contributed by atoms with Gasteiger partial charge in [-0.25, -0.2) is 9.78 Å². The van der Waals surface area contributed by atoms with Crippen molar-refractivity contribution in [2.45, 2.75) is 0 Å². The fourth-order valence-electron chi connectivity index (χ4n) is 0.817. The summed E-state index contributed by atoms with van der Waals surface area (Å²) >= 11 is 0. The van der Waals surface area contributed by atoms with Crippen molar-refractivity contribution in [1.82, 2.24) is 10.3 Å². The van der Waals surface area contributed by atoms with Crippen LogP contribution in [0, 0.1) is 0 Å². The lowest BCUT2D eigenvalue weighted by molar-refractivity contribution is 0.190. The molecule has 14 heavy (non-hydrogen) atoms. The number of anilines is 1. The minimum atomic E-state index is -1.07. The van der Waals surface area contributed by atoms with Gasteiger partial charge in [0.15, 0.2) is 0 Å². The number of rotatable bonds is 4. The minimum Gasteiger partial charge on any atom is -0.476 e. The fraction of sp³-hybridized carbons (Fsp3) is 0.250. The van der Waals surface area contributed by atoms with Crippen LogP contribution in [0.5, 0.6) is 5.88 Å². The second kappa shape index (κ2) is 4.90. The van der Waals surface area contributed by atoms with Crippen LogP contribution in [-0.4, -0.2) is 29.3 Å². The topological polar surface area (TPSA) is 97.5 Å². The number of hydrogen-bond acceptors (Lipinski definition) is 4. The van der Waals surface area contributed by atoms with Gasteiger partial charge < -0.3 is 20.9 Å². The van der Waals surface area contributed by atoms with Gasteiger partial charge in [0.2, 0.25) is 5.88 Å². The molecule has 0 bridgehead atoms. The molecule has 76 valence electrons. The first-order valence-electron chi connectivity index (χ1n) is 3.99. The van der Waals surface area contributed by atoms with Crippen LogP contribution in [0.2, 0.25) is 0 Å². The molecule has 0 aliphatic carbocycles. The number of pyridine rings is 1. The summed E-state index contributed by atoms with van der Waals surface area (Å²) < 4.78 is 5.12. The highest BCUT2D eigenvalue weighted by Gasteiger charge is 1.96. The molecule has 1 amide bonds. The van der Waals surface area contributed by atoms with E-state index in [-0.39, 0.29) is 13.2 Å². The first-order valence-corrected chi connectivity index (χ1v) is 3.99. The number of carboxylic acid groups (broad SMARTS) is 1. The molecule has 1 aromatic heterocycles. The van der Waals surface area contributed by atoms with Crippen molar-refractivity contribution in [2.75, 3.05) is 18.9 Å². The molecule has 0 fully saturated rings. The van der Waals surface area contributed by atoms with Gasteiger partial charge in [-0.1, -0.05) is 0 Å². The summed E-state index contributed by atoms with van der Waals surface area (Å²) in [7, 11) is 0. The molecule has 0 aliphatic heterocycles. The molecule has 0 radical (unpaired) electrons. The number of ether oxygens (including phenoxy) is 1. The Morgan fingerprint density at radius 2 is 2.50 bits per heavy atom. The SMILES string of the molecule is Nc1ccnc(OCCNC(=O)O)c1. The maximum Gasteiger partial charge on any atom is 0.404 e. The summed E-state index contributed by atoms with van der Waals surface area (Å²) in [5, 5.41) is 10.4. The van der Waals surface area contributed by atoms with Gasteiger partial charge in [-0.3, -0.25) is 0 Å². The van der Waals surface area contributed by atoms with Crippen molar-refractivity contribution in [3.05, 3.63) is 18.3 Å². The number of nitrogens with one attached hydrogen (secondary N) is 1. The summed E-state index contributed by atoms with van der Waals surface area (Å²) in [6.07, 6.45) is 0.448. The van der Waals surface area contributed by atoms with Gasteiger partial charge in [0.1, 0.15) is 6.61 Å². The Labute approximate surface area is 80.7 Å². The highest BCUT2D eigenvalue weighted by Crippen LogP contribution is 2.09. The number of amides is 1. The molecule has 0 spiro atoms. The molecule has 6 heteroatoms. The Morgan fingerprint density at radius 1 is 1.71 bits per heavy atom. The van der Waals surface area contributed by atoms with E-state index in [1.54, 1.807) is 12.1 Å². The van der Waals surface area contributed by atoms with Crippen LogP contribution in [0.1, 0.15) is 0 Å². The Balaban J connectivity index is 2.28. The highest BCUT2D eigenvalue weighted by molar-refractivity contribution is 5.64. The van der Waals surface area contributed by atoms with Gasteiger partial charge in [0, 0.05) is 18.0 Å². The van der Waals surface area contributed by atoms with Crippen molar-refractivity contribution in [2.24, 2.45) is 0 Å². The molecule has 0 saturated heterocycles. The zero-order chi connectivity index (χ0) is 10.4. The van der Waals surface area contributed by atoms with Crippen molar-refractivity contribution in [3.63, 3.8) is 0 Å². The molecule has 1 aromatic rings. The van der Waals surface area contributed by atoms with Gasteiger partial charge in [0.25, 0.3) is 0 Å². The van der Waals surface area contributed by atoms with E-state index in [2.05, 4.69) is 10.3 Å². The molecular formula is C8H11N3O3. The lowest BCUT2D eigenvalue weighted by Gasteiger charge is -2.04. The van der Waals surface area contributed by atoms with Crippen LogP contribution < -0.4 is 15.8 Å². The number of nitrogen functional groups attached to an aromatic ring is 1. The highest BCUT2D eigenvalue weighted by atomic mass is 16.5. The van der Waals surface area contributed by atoms with Crippen LogP contribution in [0.3, 0.4) is 0 Å². The van der Waals surface area contributed by atoms with Crippen LogP contribution >= 0.6 is 0 Å². The van der Waals surface area contributed by atoms with Crippen LogP contribution in [0.4, 0.5) is 10.5 Å². The van der Waals surface area contributed by atoms with Gasteiger partial charge in [-0.15, -0.1) is 0 Å². The molecule has 0 atom stereocenters. The zero-order valence-corrected chi connectivity index (χ0v) is 7.43. The largest absolute Gasteiger partial charge is 0.476 e. The van der Waals surface area contributed by atoms with Crippen LogP contribution in [0.15, 0.2) is 18.3 Å². The molecule has 6 nitrogen and oxygen atoms in total. The predicted molar refractivity (Wildman–Crippen MR) is 50.2 cm³/mol. The summed E-state index contributed by atoms with van der Waals surface area (Å²) in [6.45, 7) is 0.439. The van der Waals surface area contributed by atoms with E-state index in [0.717, 1.165) is 0 Å². The van der Waals surface area contributed by atoms with Crippen molar-refractivity contribution in [1.29, 1.82) is 0 Å². The summed E-state index contributed by atoms with van der Waals surface area (Å²) in [6, 6.07) is 3.21. The standard InChI is InChI=1S/C8H11N3O3/c9-6-1-2-10-7(5-6)14-4-3-11-8(12)13/h1-2,5,11H,3-4H2,(H2,9,10)(H,12,13). The van der Waals surface area contributed by atoms with E-state index in [9.17, 15) is 4.79 Å². The molecule has 4 N–H and O–H groups in total. The molecular weight excluding hydrogens is 186 g/mol. The molecule has 0 aromatic carbocycles. The van der Waals surface area contributed by atoms with E-state index < -0.39 is 6.09 Å². The second-order valence-corrected chi connectivity index (χ2v) is 2.51. The van der Waals surface area contributed by atoms with Gasteiger partial charge >= 0.3 is 6.09 Å². The number of aromatic nitrogens is 1. The quantitative estimate of drug-likeness (QED) is 0.603. The number of nitrogens with zero attached hydrogens (tertiary/aromatic N) is 1. The molecule has 0 aliphatic rings. The molecule has 1 heterocycles. The summed E-state index contributed by atoms with van der Waals surface area (Å²) in [5.41, 5.74) is 6.04. The molecule has 0 saturated carbocycles. The lowest BCUT2D eigenvalue weighted by Crippen LogP contribution is -2.26. The third kappa shape index (κ3) is 3.61. The zero-order valence-electron chi connectivity index (χ0n) is 7.43. The minimum absolute atomic E-state index is 0.214. The van der Waals surface area contributed by atoms with Crippen molar-refractivity contribution < 1.29 is 14.6 Å². The van der Waals surface area contributed by atoms with E-state index in [0.29, 0.717) is 11.6 Å². The Kier molecular flexibility index (Phi) is 3.54. The Bertz CT molecular complexity index is 316. The fourth-order valence-corrected chi connectivity index (χ4v) is 0.817. The van der Waals surface area contributed by atoms with Crippen molar-refractivity contribution in [3.8, 4) is 5.88 Å². The van der Waals surface area contributed by atoms with Crippen LogP contribution in [0.25, 0.3) is 0 Å². The molecule has 0 unspecified atom stereocenters. The first kappa shape index (κ1) is 10.1. The number of hydrogen-bond donors (Lipinski definition) is 3. The number of nitrogens with two attached hydrogens (primary N) is 1. The van der Waals surface area contributed by atoms with E-state index in [4.69, 9.17) is 15.6 Å². The monoisotopic (exact) mass is 197 g/mol. The van der Waals surface area contributed by atoms with E-state index >= 15 is 0 Å². The average molecular weight is 197 g/mol. The summed E-state index contributed by atoms with van der Waals surface area (Å²) in [4.78, 5) is 13.9. The number of carbonyl (C=O) groups is 1. The summed E-state index contributed by atoms with van der Waals surface area (Å²) in [5.74, 6) is 0.386. The first-order chi connectivity index (χ1) is 6.68. The third-order valence-corrected chi connectivity index (χ3v) is 1.39. The van der Waals surface area contributed by atoms with E-state index in [1.807, 2.05) is 0 Å². The maximum absolute atomic E-state index is 10.1. The molecule has 1 rings (SSSR count). The lowest BCUT2D eigenvalue weighted by atomic mass is 10.4. The van der Waals surface area contributed by atoms with E-state index in [1.165, 1.54) is 6.20 Å². The van der Waals surface area contributed by atoms with Gasteiger partial charge in [-0.2, -0.15) is 0 Å².